The second-order valence-electron chi connectivity index (χ2n) is 8.82. The van der Waals surface area contributed by atoms with E-state index in [1.54, 1.807) is 0 Å². The molecule has 0 fully saturated rings. The lowest BCUT2D eigenvalue weighted by molar-refractivity contribution is 0.558. The summed E-state index contributed by atoms with van der Waals surface area (Å²) in [7, 11) is 0. The van der Waals surface area contributed by atoms with Crippen LogP contribution in [0.2, 0.25) is 12.1 Å². The van der Waals surface area contributed by atoms with Gasteiger partial charge in [-0.1, -0.05) is 103 Å². The molecule has 0 aromatic rings. The number of unbranched alkanes of at least 4 members (excludes halogenated alkanes) is 16. The smallest absolute Gasteiger partial charge is 0.194 e. The Morgan fingerprint density at radius 3 is 0.781 bits per heavy atom. The van der Waals surface area contributed by atoms with Gasteiger partial charge >= 0.3 is 12.0 Å². The van der Waals surface area contributed by atoms with Crippen LogP contribution in [0.5, 0.6) is 0 Å². The summed E-state index contributed by atoms with van der Waals surface area (Å²) in [4.78, 5) is 0. The minimum absolute atomic E-state index is 0.801. The minimum Gasteiger partial charge on any atom is -0.194 e. The van der Waals surface area contributed by atoms with Crippen LogP contribution in [-0.2, 0) is 0 Å². The molecule has 10 heteroatoms. The summed E-state index contributed by atoms with van der Waals surface area (Å²) in [6.07, 6.45) is 22.5. The Balaban J connectivity index is 3.15. The molecule has 0 saturated heterocycles. The zero-order valence-corrected chi connectivity index (χ0v) is 26.3. The molecule has 0 heterocycles. The van der Waals surface area contributed by atoms with Gasteiger partial charge in [0.2, 0.25) is 0 Å². The number of nitrogens with zero attached hydrogens (tertiary/aromatic N) is 2. The van der Waals surface area contributed by atoms with Crippen molar-refractivity contribution in [2.75, 3.05) is 13.1 Å². The van der Waals surface area contributed by atoms with Crippen molar-refractivity contribution in [2.24, 2.45) is 10.2 Å². The molecule has 192 valence electrons. The molecular formula is C22H44Cl6N2Si2. The van der Waals surface area contributed by atoms with E-state index in [1.807, 2.05) is 0 Å². The van der Waals surface area contributed by atoms with Gasteiger partial charge in [-0.25, -0.2) is 0 Å². The molecule has 0 saturated carbocycles. The van der Waals surface area contributed by atoms with E-state index in [1.165, 1.54) is 103 Å². The second-order valence-corrected chi connectivity index (χ2v) is 27.4. The molecular weight excluding hydrogens is 561 g/mol. The first-order chi connectivity index (χ1) is 15.2. The second kappa shape index (κ2) is 23.2. The monoisotopic (exact) mass is 602 g/mol. The van der Waals surface area contributed by atoms with E-state index >= 15 is 0 Å². The Morgan fingerprint density at radius 2 is 0.531 bits per heavy atom. The van der Waals surface area contributed by atoms with E-state index in [4.69, 9.17) is 66.5 Å². The maximum atomic E-state index is 5.89. The van der Waals surface area contributed by atoms with Crippen molar-refractivity contribution >= 4 is 78.5 Å². The summed E-state index contributed by atoms with van der Waals surface area (Å²) in [6.45, 7) is 1.78. The van der Waals surface area contributed by atoms with Crippen molar-refractivity contribution in [1.29, 1.82) is 0 Å². The van der Waals surface area contributed by atoms with Crippen molar-refractivity contribution in [1.82, 2.24) is 0 Å². The van der Waals surface area contributed by atoms with Gasteiger partial charge in [0.15, 0.2) is 0 Å². The fourth-order valence-electron chi connectivity index (χ4n) is 3.63. The fraction of sp³-hybridized carbons (Fsp3) is 1.00. The largest absolute Gasteiger partial charge is 0.341 e. The number of hydrogen-bond donors (Lipinski definition) is 0. The van der Waals surface area contributed by atoms with Gasteiger partial charge in [0.25, 0.3) is 0 Å². The molecule has 0 radical (unpaired) electrons. The Morgan fingerprint density at radius 1 is 0.312 bits per heavy atom. The summed E-state index contributed by atoms with van der Waals surface area (Å²) >= 11 is 35.3. The first-order valence-corrected chi connectivity index (χ1v) is 23.2. The third-order valence-electron chi connectivity index (χ3n) is 5.54. The van der Waals surface area contributed by atoms with Gasteiger partial charge in [-0.2, -0.15) is 10.2 Å². The number of rotatable bonds is 24. The fourth-order valence-corrected chi connectivity index (χ4v) is 7.34. The first kappa shape index (κ1) is 33.8. The standard InChI is InChI=1S/C22H44Cl6N2Si2/c23-31(24,25)21-17-13-9-5-1-3-7-11-15-19-29-30-20-16-12-8-4-2-6-10-14-18-22-32(26,27)28/h1-22H2. The SMILES string of the molecule is Cl[Si](Cl)(Cl)CCCCCCCCCCCN=NCCCCCCCCCCC[Si](Cl)(Cl)Cl. The maximum absolute atomic E-state index is 5.89. The summed E-state index contributed by atoms with van der Waals surface area (Å²) in [5.41, 5.74) is 0. The van der Waals surface area contributed by atoms with Gasteiger partial charge in [-0.05, 0) is 24.9 Å². The molecule has 0 aromatic heterocycles. The Labute approximate surface area is 228 Å². The third kappa shape index (κ3) is 31.8. The third-order valence-corrected chi connectivity index (χ3v) is 10.8. The van der Waals surface area contributed by atoms with E-state index in [-0.39, 0.29) is 0 Å². The summed E-state index contributed by atoms with van der Waals surface area (Å²) in [5, 5.41) is 8.64. The van der Waals surface area contributed by atoms with Crippen LogP contribution in [0.1, 0.15) is 116 Å². The van der Waals surface area contributed by atoms with E-state index in [0.29, 0.717) is 0 Å². The molecule has 0 N–H and O–H groups in total. The highest BCUT2D eigenvalue weighted by Gasteiger charge is 2.24. The molecule has 2 nitrogen and oxygen atoms in total. The highest BCUT2D eigenvalue weighted by Crippen LogP contribution is 2.28. The van der Waals surface area contributed by atoms with Gasteiger partial charge in [-0.3, -0.25) is 0 Å². The van der Waals surface area contributed by atoms with Crippen LogP contribution < -0.4 is 0 Å². The van der Waals surface area contributed by atoms with Gasteiger partial charge in [0.05, 0.1) is 13.1 Å². The maximum Gasteiger partial charge on any atom is 0.341 e. The van der Waals surface area contributed by atoms with Crippen molar-refractivity contribution < 1.29 is 0 Å². The molecule has 0 aromatic carbocycles. The summed E-state index contributed by atoms with van der Waals surface area (Å²) < 4.78 is 0. The van der Waals surface area contributed by atoms with E-state index in [2.05, 4.69) is 10.2 Å². The van der Waals surface area contributed by atoms with Crippen LogP contribution in [0.25, 0.3) is 0 Å². The minimum atomic E-state index is -2.39. The molecule has 0 rings (SSSR count). The molecule has 0 spiro atoms. The normalized spacial score (nSPS) is 12.8. The van der Waals surface area contributed by atoms with Crippen LogP contribution in [0.4, 0.5) is 0 Å². The van der Waals surface area contributed by atoms with Gasteiger partial charge < -0.3 is 0 Å². The topological polar surface area (TPSA) is 24.7 Å². The highest BCUT2D eigenvalue weighted by molar-refractivity contribution is 7.65. The van der Waals surface area contributed by atoms with Crippen molar-refractivity contribution in [2.45, 2.75) is 128 Å². The molecule has 0 unspecified atom stereocenters. The zero-order chi connectivity index (χ0) is 24.0. The van der Waals surface area contributed by atoms with Gasteiger partial charge in [0, 0.05) is 0 Å². The molecule has 0 atom stereocenters. The molecule has 0 bridgehead atoms. The number of azo groups is 1. The molecule has 0 aliphatic carbocycles. The summed E-state index contributed by atoms with van der Waals surface area (Å²) in [5.74, 6) is 0. The lowest BCUT2D eigenvalue weighted by Crippen LogP contribution is -2.07. The van der Waals surface area contributed by atoms with Crippen LogP contribution >= 0.6 is 66.5 Å². The molecule has 0 amide bonds. The first-order valence-electron chi connectivity index (χ1n) is 12.7. The molecule has 0 aliphatic heterocycles. The van der Waals surface area contributed by atoms with Gasteiger partial charge in [0.1, 0.15) is 0 Å². The highest BCUT2D eigenvalue weighted by atomic mass is 35.8. The molecule has 32 heavy (non-hydrogen) atoms. The predicted molar refractivity (Wildman–Crippen MR) is 154 cm³/mol. The van der Waals surface area contributed by atoms with Crippen LogP contribution in [0.3, 0.4) is 0 Å². The Bertz CT molecular complexity index is 394. The average molecular weight is 605 g/mol. The van der Waals surface area contributed by atoms with Crippen molar-refractivity contribution in [3.05, 3.63) is 0 Å². The van der Waals surface area contributed by atoms with Crippen LogP contribution in [0.15, 0.2) is 10.2 Å². The lowest BCUT2D eigenvalue weighted by atomic mass is 10.1. The average Bonchev–Trinajstić information content (AvgIpc) is 2.69. The van der Waals surface area contributed by atoms with E-state index < -0.39 is 12.0 Å². The molecule has 0 aliphatic rings. The summed E-state index contributed by atoms with van der Waals surface area (Å²) in [6, 6.07) is -3.17. The van der Waals surface area contributed by atoms with Crippen LogP contribution in [0, 0.1) is 0 Å². The number of hydrogen-bond acceptors (Lipinski definition) is 2. The quantitative estimate of drug-likeness (QED) is 0.0453. The Kier molecular flexibility index (Phi) is 24.5. The van der Waals surface area contributed by atoms with Gasteiger partial charge in [-0.15, -0.1) is 66.5 Å². The van der Waals surface area contributed by atoms with E-state index in [0.717, 1.165) is 38.0 Å². The lowest BCUT2D eigenvalue weighted by Gasteiger charge is -2.06. The zero-order valence-electron chi connectivity index (χ0n) is 19.7. The van der Waals surface area contributed by atoms with Crippen molar-refractivity contribution in [3.63, 3.8) is 0 Å². The van der Waals surface area contributed by atoms with E-state index in [9.17, 15) is 0 Å². The Hall–Kier alpha value is 1.77. The van der Waals surface area contributed by atoms with Crippen LogP contribution in [-0.4, -0.2) is 25.1 Å². The van der Waals surface area contributed by atoms with Crippen molar-refractivity contribution in [3.8, 4) is 0 Å². The number of halogens is 6. The predicted octanol–water partition coefficient (Wildman–Crippen LogP) is 11.8.